The van der Waals surface area contributed by atoms with Crippen LogP contribution in [0.15, 0.2) is 59.2 Å². The first-order valence-electron chi connectivity index (χ1n) is 5.06. The molecule has 82 valence electrons. The maximum atomic E-state index is 3.84. The quantitative estimate of drug-likeness (QED) is 0.572. The van der Waals surface area contributed by atoms with Crippen molar-refractivity contribution < 1.29 is 0 Å². The molecular weight excluding hydrogens is 248 g/mol. The summed E-state index contributed by atoms with van der Waals surface area (Å²) in [5.41, 5.74) is 2.41. The van der Waals surface area contributed by atoms with Gasteiger partial charge in [0.15, 0.2) is 0 Å². The smallest absolute Gasteiger partial charge is 0.00463 e. The Kier molecular flexibility index (Phi) is 8.02. The van der Waals surface area contributed by atoms with Crippen molar-refractivity contribution in [1.29, 1.82) is 0 Å². The van der Waals surface area contributed by atoms with Gasteiger partial charge in [-0.2, -0.15) is 0 Å². The minimum Gasteiger partial charge on any atom is -0.0990 e. The van der Waals surface area contributed by atoms with Crippen LogP contribution in [0.3, 0.4) is 0 Å². The first-order valence-corrected chi connectivity index (χ1v) is 5.85. The molecule has 0 nitrogen and oxygen atoms in total. The van der Waals surface area contributed by atoms with E-state index in [-0.39, 0.29) is 0 Å². The average Bonchev–Trinajstić information content (AvgIpc) is 2.18. The zero-order valence-electron chi connectivity index (χ0n) is 9.59. The SMILES string of the molecule is C=C/C=C(/Br)CCC(/C=C\C(=C)C)=C/C. The largest absolute Gasteiger partial charge is 0.0990 e. The zero-order valence-corrected chi connectivity index (χ0v) is 11.2. The van der Waals surface area contributed by atoms with Crippen molar-refractivity contribution in [3.8, 4) is 0 Å². The van der Waals surface area contributed by atoms with Gasteiger partial charge in [0.05, 0.1) is 0 Å². The Bertz CT molecular complexity index is 303. The molecule has 0 saturated heterocycles. The molecule has 15 heavy (non-hydrogen) atoms. The highest BCUT2D eigenvalue weighted by molar-refractivity contribution is 9.11. The highest BCUT2D eigenvalue weighted by atomic mass is 79.9. The average molecular weight is 267 g/mol. The Morgan fingerprint density at radius 2 is 1.93 bits per heavy atom. The van der Waals surface area contributed by atoms with Gasteiger partial charge in [0.1, 0.15) is 0 Å². The molecular formula is C14H19Br. The van der Waals surface area contributed by atoms with E-state index in [0.29, 0.717) is 0 Å². The molecule has 0 spiro atoms. The minimum atomic E-state index is 1.01. The fourth-order valence-corrected chi connectivity index (χ4v) is 1.43. The van der Waals surface area contributed by atoms with Crippen LogP contribution in [0.4, 0.5) is 0 Å². The number of rotatable bonds is 6. The Morgan fingerprint density at radius 1 is 1.27 bits per heavy atom. The van der Waals surface area contributed by atoms with E-state index in [2.05, 4.69) is 48.2 Å². The molecule has 0 aromatic rings. The van der Waals surface area contributed by atoms with Crippen LogP contribution in [0.1, 0.15) is 26.7 Å². The molecule has 0 N–H and O–H groups in total. The van der Waals surface area contributed by atoms with Crippen LogP contribution in [0, 0.1) is 0 Å². The van der Waals surface area contributed by atoms with Gasteiger partial charge in [-0.05, 0) is 31.2 Å². The molecule has 0 aliphatic rings. The monoisotopic (exact) mass is 266 g/mol. The number of hydrogen-bond acceptors (Lipinski definition) is 0. The number of halogens is 1. The first kappa shape index (κ1) is 14.2. The molecule has 0 unspecified atom stereocenters. The highest BCUT2D eigenvalue weighted by Gasteiger charge is 1.94. The summed E-state index contributed by atoms with van der Waals surface area (Å²) < 4.78 is 1.18. The lowest BCUT2D eigenvalue weighted by atomic mass is 10.1. The molecule has 0 aliphatic carbocycles. The van der Waals surface area contributed by atoms with Gasteiger partial charge in [-0.25, -0.2) is 0 Å². The predicted octanol–water partition coefficient (Wildman–Crippen LogP) is 5.31. The molecule has 0 fully saturated rings. The molecule has 0 heterocycles. The minimum absolute atomic E-state index is 1.01. The van der Waals surface area contributed by atoms with Crippen LogP contribution in [-0.4, -0.2) is 0 Å². The molecule has 0 radical (unpaired) electrons. The number of hydrogen-bond donors (Lipinski definition) is 0. The van der Waals surface area contributed by atoms with Crippen molar-refractivity contribution in [1.82, 2.24) is 0 Å². The van der Waals surface area contributed by atoms with Crippen molar-refractivity contribution in [2.24, 2.45) is 0 Å². The van der Waals surface area contributed by atoms with Crippen LogP contribution in [0.5, 0.6) is 0 Å². The summed E-state index contributed by atoms with van der Waals surface area (Å²) in [6, 6.07) is 0. The molecule has 0 aromatic heterocycles. The van der Waals surface area contributed by atoms with Gasteiger partial charge >= 0.3 is 0 Å². The van der Waals surface area contributed by atoms with E-state index >= 15 is 0 Å². The van der Waals surface area contributed by atoms with Crippen LogP contribution in [0.25, 0.3) is 0 Å². The zero-order chi connectivity index (χ0) is 11.7. The summed E-state index contributed by atoms with van der Waals surface area (Å²) in [6.07, 6.45) is 12.1. The lowest BCUT2D eigenvalue weighted by Gasteiger charge is -2.01. The van der Waals surface area contributed by atoms with E-state index < -0.39 is 0 Å². The van der Waals surface area contributed by atoms with Gasteiger partial charge in [0.2, 0.25) is 0 Å². The summed E-state index contributed by atoms with van der Waals surface area (Å²) in [6.45, 7) is 11.6. The van der Waals surface area contributed by atoms with Crippen molar-refractivity contribution >= 4 is 15.9 Å². The van der Waals surface area contributed by atoms with E-state index in [1.807, 2.05) is 19.1 Å². The molecule has 0 rings (SSSR count). The van der Waals surface area contributed by atoms with E-state index in [1.54, 1.807) is 6.08 Å². The van der Waals surface area contributed by atoms with E-state index in [9.17, 15) is 0 Å². The summed E-state index contributed by atoms with van der Waals surface area (Å²) in [4.78, 5) is 0. The third-order valence-electron chi connectivity index (χ3n) is 1.90. The van der Waals surface area contributed by atoms with Crippen molar-refractivity contribution in [2.45, 2.75) is 26.7 Å². The molecule has 0 saturated carbocycles. The topological polar surface area (TPSA) is 0 Å². The molecule has 0 aromatic carbocycles. The van der Waals surface area contributed by atoms with Gasteiger partial charge < -0.3 is 0 Å². The fourth-order valence-electron chi connectivity index (χ4n) is 1.05. The van der Waals surface area contributed by atoms with Crippen molar-refractivity contribution in [3.05, 3.63) is 59.2 Å². The summed E-state index contributed by atoms with van der Waals surface area (Å²) in [5.74, 6) is 0. The fraction of sp³-hybridized carbons (Fsp3) is 0.286. The van der Waals surface area contributed by atoms with Crippen LogP contribution in [0.2, 0.25) is 0 Å². The Hall–Kier alpha value is -0.820. The second-order valence-corrected chi connectivity index (χ2v) is 4.41. The highest BCUT2D eigenvalue weighted by Crippen LogP contribution is 2.18. The maximum absolute atomic E-state index is 3.84. The molecule has 0 amide bonds. The molecule has 1 heteroatoms. The third kappa shape index (κ3) is 8.19. The van der Waals surface area contributed by atoms with Crippen molar-refractivity contribution in [3.63, 3.8) is 0 Å². The lowest BCUT2D eigenvalue weighted by Crippen LogP contribution is -1.80. The first-order chi connectivity index (χ1) is 7.10. The van der Waals surface area contributed by atoms with Crippen LogP contribution >= 0.6 is 15.9 Å². The second kappa shape index (κ2) is 8.49. The van der Waals surface area contributed by atoms with E-state index in [4.69, 9.17) is 0 Å². The molecule has 0 bridgehead atoms. The Labute approximate surface area is 102 Å². The van der Waals surface area contributed by atoms with Gasteiger partial charge in [-0.1, -0.05) is 70.6 Å². The van der Waals surface area contributed by atoms with E-state index in [1.165, 1.54) is 10.1 Å². The Balaban J connectivity index is 4.19. The molecule has 0 atom stereocenters. The van der Waals surface area contributed by atoms with Gasteiger partial charge in [0, 0.05) is 0 Å². The lowest BCUT2D eigenvalue weighted by molar-refractivity contribution is 0.994. The maximum Gasteiger partial charge on any atom is -0.00463 e. The Morgan fingerprint density at radius 3 is 2.40 bits per heavy atom. The standard InChI is InChI=1S/C14H19Br/c1-5-7-14(15)11-10-13(6-2)9-8-12(3)4/h5-9H,1,3,10-11H2,2,4H3/b9-8-,13-6+,14-7+. The van der Waals surface area contributed by atoms with Gasteiger partial charge in [0.25, 0.3) is 0 Å². The summed E-state index contributed by atoms with van der Waals surface area (Å²) in [7, 11) is 0. The van der Waals surface area contributed by atoms with Gasteiger partial charge in [-0.3, -0.25) is 0 Å². The summed E-state index contributed by atoms with van der Waals surface area (Å²) >= 11 is 3.50. The molecule has 0 aliphatic heterocycles. The predicted molar refractivity (Wildman–Crippen MR) is 74.2 cm³/mol. The normalized spacial score (nSPS) is 13.3. The third-order valence-corrected chi connectivity index (χ3v) is 2.56. The van der Waals surface area contributed by atoms with Crippen molar-refractivity contribution in [2.75, 3.05) is 0 Å². The van der Waals surface area contributed by atoms with E-state index in [0.717, 1.165) is 18.4 Å². The van der Waals surface area contributed by atoms with Crippen LogP contribution in [-0.2, 0) is 0 Å². The summed E-state index contributed by atoms with van der Waals surface area (Å²) in [5, 5.41) is 0. The van der Waals surface area contributed by atoms with Crippen LogP contribution < -0.4 is 0 Å². The number of allylic oxidation sites excluding steroid dienone is 8. The van der Waals surface area contributed by atoms with Gasteiger partial charge in [-0.15, -0.1) is 0 Å². The second-order valence-electron chi connectivity index (χ2n) is 3.39.